The maximum Gasteiger partial charge on any atom is 0.330 e. The number of ether oxygens (including phenoxy) is 2. The van der Waals surface area contributed by atoms with E-state index in [1.165, 1.54) is 0 Å². The number of aromatic nitrogens is 1. The highest BCUT2D eigenvalue weighted by Gasteiger charge is 2.13. The summed E-state index contributed by atoms with van der Waals surface area (Å²) >= 11 is 0. The Morgan fingerprint density at radius 2 is 1.67 bits per heavy atom. The average molecular weight is 402 g/mol. The van der Waals surface area contributed by atoms with Crippen molar-refractivity contribution in [2.45, 2.75) is 6.92 Å². The number of amides is 1. The van der Waals surface area contributed by atoms with Crippen LogP contribution in [0.2, 0.25) is 0 Å². The monoisotopic (exact) mass is 402 g/mol. The molecule has 0 saturated heterocycles. The van der Waals surface area contributed by atoms with E-state index in [9.17, 15) is 9.59 Å². The Morgan fingerprint density at radius 3 is 2.40 bits per heavy atom. The molecule has 0 aliphatic carbocycles. The number of nitrogens with one attached hydrogen (secondary N) is 1. The molecule has 0 atom stereocenters. The number of hydrogen-bond acceptors (Lipinski definition) is 5. The van der Waals surface area contributed by atoms with Crippen LogP contribution in [-0.2, 0) is 4.79 Å². The Kier molecular flexibility index (Phi) is 7.33. The highest BCUT2D eigenvalue weighted by atomic mass is 16.6. The number of nitrogens with zero attached hydrogens (tertiary/aromatic N) is 1. The number of pyridine rings is 1. The standard InChI is InChI=1S/C24H22N2O4/c1-2-29-22-16-19(9-8-18-12-14-25-15-13-18)10-11-21(22)30-23(27)17-26-24(28)20-6-4-3-5-7-20/h3-16H,2,17H2,1H3,(H,26,28)/b9-8+. The van der Waals surface area contributed by atoms with Crippen molar-refractivity contribution in [1.82, 2.24) is 10.3 Å². The van der Waals surface area contributed by atoms with Crippen LogP contribution in [0, 0.1) is 0 Å². The van der Waals surface area contributed by atoms with Gasteiger partial charge in [-0.15, -0.1) is 0 Å². The first kappa shape index (κ1) is 20.8. The third kappa shape index (κ3) is 6.04. The van der Waals surface area contributed by atoms with Crippen molar-refractivity contribution in [2.24, 2.45) is 0 Å². The molecule has 6 heteroatoms. The molecule has 1 aromatic heterocycles. The number of rotatable bonds is 8. The molecule has 0 saturated carbocycles. The zero-order valence-electron chi connectivity index (χ0n) is 16.6. The number of hydrogen-bond donors (Lipinski definition) is 1. The molecule has 30 heavy (non-hydrogen) atoms. The van der Waals surface area contributed by atoms with Crippen LogP contribution in [0.5, 0.6) is 11.5 Å². The van der Waals surface area contributed by atoms with E-state index in [1.807, 2.05) is 43.3 Å². The molecule has 3 rings (SSSR count). The van der Waals surface area contributed by atoms with E-state index in [4.69, 9.17) is 9.47 Å². The molecule has 0 radical (unpaired) electrons. The van der Waals surface area contributed by atoms with Gasteiger partial charge in [0.05, 0.1) is 6.61 Å². The summed E-state index contributed by atoms with van der Waals surface area (Å²) in [5, 5.41) is 2.55. The second-order valence-electron chi connectivity index (χ2n) is 6.28. The predicted octanol–water partition coefficient (Wildman–Crippen LogP) is 3.99. The molecular weight excluding hydrogens is 380 g/mol. The van der Waals surface area contributed by atoms with Gasteiger partial charge in [0.25, 0.3) is 5.91 Å². The van der Waals surface area contributed by atoms with Gasteiger partial charge < -0.3 is 14.8 Å². The molecular formula is C24H22N2O4. The molecule has 3 aromatic rings. The van der Waals surface area contributed by atoms with Crippen molar-refractivity contribution < 1.29 is 19.1 Å². The van der Waals surface area contributed by atoms with Crippen LogP contribution in [0.3, 0.4) is 0 Å². The molecule has 0 spiro atoms. The average Bonchev–Trinajstić information content (AvgIpc) is 2.79. The van der Waals surface area contributed by atoms with Gasteiger partial charge in [0.2, 0.25) is 0 Å². The van der Waals surface area contributed by atoms with Crippen molar-refractivity contribution >= 4 is 24.0 Å². The fourth-order valence-corrected chi connectivity index (χ4v) is 2.65. The first-order valence-electron chi connectivity index (χ1n) is 9.54. The minimum atomic E-state index is -0.583. The van der Waals surface area contributed by atoms with Gasteiger partial charge in [0, 0.05) is 18.0 Å². The normalized spacial score (nSPS) is 10.6. The van der Waals surface area contributed by atoms with Crippen LogP contribution < -0.4 is 14.8 Å². The Bertz CT molecular complexity index is 1020. The lowest BCUT2D eigenvalue weighted by Gasteiger charge is -2.12. The predicted molar refractivity (Wildman–Crippen MR) is 115 cm³/mol. The Morgan fingerprint density at radius 1 is 0.933 bits per heavy atom. The zero-order valence-corrected chi connectivity index (χ0v) is 16.6. The summed E-state index contributed by atoms with van der Waals surface area (Å²) in [6.07, 6.45) is 7.34. The molecule has 0 unspecified atom stereocenters. The van der Waals surface area contributed by atoms with Crippen LogP contribution in [0.1, 0.15) is 28.4 Å². The maximum atomic E-state index is 12.2. The van der Waals surface area contributed by atoms with Crippen LogP contribution in [-0.4, -0.2) is 30.0 Å². The summed E-state index contributed by atoms with van der Waals surface area (Å²) in [4.78, 5) is 28.2. The van der Waals surface area contributed by atoms with E-state index in [-0.39, 0.29) is 12.5 Å². The topological polar surface area (TPSA) is 77.5 Å². The molecule has 1 amide bonds. The summed E-state index contributed by atoms with van der Waals surface area (Å²) in [5.74, 6) is -0.163. The first-order valence-corrected chi connectivity index (χ1v) is 9.54. The van der Waals surface area contributed by atoms with Crippen LogP contribution in [0.4, 0.5) is 0 Å². The van der Waals surface area contributed by atoms with E-state index in [0.717, 1.165) is 11.1 Å². The third-order valence-corrected chi connectivity index (χ3v) is 4.10. The molecule has 152 valence electrons. The van der Waals surface area contributed by atoms with Crippen LogP contribution in [0.25, 0.3) is 12.2 Å². The lowest BCUT2D eigenvalue weighted by molar-refractivity contribution is -0.133. The van der Waals surface area contributed by atoms with E-state index >= 15 is 0 Å². The first-order chi connectivity index (χ1) is 14.7. The zero-order chi connectivity index (χ0) is 21.2. The third-order valence-electron chi connectivity index (χ3n) is 4.10. The molecule has 1 N–H and O–H groups in total. The van der Waals surface area contributed by atoms with Crippen molar-refractivity contribution in [2.75, 3.05) is 13.2 Å². The SMILES string of the molecule is CCOc1cc(/C=C/c2ccncc2)ccc1OC(=O)CNC(=O)c1ccccc1. The van der Waals surface area contributed by atoms with E-state index in [1.54, 1.807) is 48.8 Å². The minimum absolute atomic E-state index is 0.247. The molecule has 0 fully saturated rings. The molecule has 1 heterocycles. The van der Waals surface area contributed by atoms with E-state index in [2.05, 4.69) is 10.3 Å². The lowest BCUT2D eigenvalue weighted by atomic mass is 10.1. The number of carbonyl (C=O) groups excluding carboxylic acids is 2. The second kappa shape index (κ2) is 10.6. The molecule has 2 aromatic carbocycles. The largest absolute Gasteiger partial charge is 0.490 e. The summed E-state index contributed by atoms with van der Waals surface area (Å²) in [5.41, 5.74) is 2.39. The smallest absolute Gasteiger partial charge is 0.330 e. The van der Waals surface area contributed by atoms with Crippen molar-refractivity contribution in [3.05, 3.63) is 89.7 Å². The summed E-state index contributed by atoms with van der Waals surface area (Å²) < 4.78 is 11.0. The molecule has 0 aliphatic heterocycles. The van der Waals surface area contributed by atoms with Gasteiger partial charge in [-0.3, -0.25) is 9.78 Å². The summed E-state index contributed by atoms with van der Waals surface area (Å²) in [7, 11) is 0. The fraction of sp³-hybridized carbons (Fsp3) is 0.125. The lowest BCUT2D eigenvalue weighted by Crippen LogP contribution is -2.31. The van der Waals surface area contributed by atoms with Gasteiger partial charge in [0.1, 0.15) is 6.54 Å². The molecule has 0 bridgehead atoms. The van der Waals surface area contributed by atoms with Crippen molar-refractivity contribution in [1.29, 1.82) is 0 Å². The van der Waals surface area contributed by atoms with Gasteiger partial charge in [-0.05, 0) is 54.4 Å². The Balaban J connectivity index is 1.63. The van der Waals surface area contributed by atoms with Crippen LogP contribution in [0.15, 0.2) is 73.1 Å². The van der Waals surface area contributed by atoms with Gasteiger partial charge in [-0.1, -0.05) is 36.4 Å². The Labute approximate surface area is 175 Å². The Hall–Kier alpha value is -3.93. The number of carbonyl (C=O) groups is 2. The molecule has 6 nitrogen and oxygen atoms in total. The summed E-state index contributed by atoms with van der Waals surface area (Å²) in [6.45, 7) is 2.03. The van der Waals surface area contributed by atoms with E-state index in [0.29, 0.717) is 23.7 Å². The van der Waals surface area contributed by atoms with Gasteiger partial charge in [-0.25, -0.2) is 4.79 Å². The highest BCUT2D eigenvalue weighted by molar-refractivity contribution is 5.96. The quantitative estimate of drug-likeness (QED) is 0.455. The van der Waals surface area contributed by atoms with Crippen LogP contribution >= 0.6 is 0 Å². The maximum absolute atomic E-state index is 12.2. The summed E-state index contributed by atoms with van der Waals surface area (Å²) in [6, 6.07) is 17.8. The van der Waals surface area contributed by atoms with E-state index < -0.39 is 5.97 Å². The van der Waals surface area contributed by atoms with Gasteiger partial charge in [-0.2, -0.15) is 0 Å². The van der Waals surface area contributed by atoms with Gasteiger partial charge >= 0.3 is 5.97 Å². The second-order valence-corrected chi connectivity index (χ2v) is 6.28. The highest BCUT2D eigenvalue weighted by Crippen LogP contribution is 2.29. The molecule has 0 aliphatic rings. The van der Waals surface area contributed by atoms with Crippen molar-refractivity contribution in [3.63, 3.8) is 0 Å². The van der Waals surface area contributed by atoms with Crippen molar-refractivity contribution in [3.8, 4) is 11.5 Å². The van der Waals surface area contributed by atoms with Gasteiger partial charge in [0.15, 0.2) is 11.5 Å². The number of benzene rings is 2. The fourth-order valence-electron chi connectivity index (χ4n) is 2.65. The number of esters is 1. The minimum Gasteiger partial charge on any atom is -0.490 e.